The van der Waals surface area contributed by atoms with E-state index in [1.165, 1.54) is 0 Å². The lowest BCUT2D eigenvalue weighted by atomic mass is 9.93. The molecule has 1 amide bonds. The summed E-state index contributed by atoms with van der Waals surface area (Å²) in [6.07, 6.45) is 5.65. The number of ether oxygens (including phenoxy) is 1. The summed E-state index contributed by atoms with van der Waals surface area (Å²) in [5.74, 6) is -1.18. The molecule has 2 aliphatic carbocycles. The standard InChI is InChI=1S/C16H25NO4/c1-2-10-8-11(12(9-10)16(19)20)15(18)17-6-7-21-14-5-3-4-13(14)17/h10-14H,2-9H2,1H3,(H,19,20). The van der Waals surface area contributed by atoms with Gasteiger partial charge < -0.3 is 14.7 Å². The Kier molecular flexibility index (Phi) is 4.20. The fourth-order valence-corrected chi connectivity index (χ4v) is 4.43. The van der Waals surface area contributed by atoms with Gasteiger partial charge in [0.25, 0.3) is 0 Å². The van der Waals surface area contributed by atoms with Crippen LogP contribution in [0.15, 0.2) is 0 Å². The zero-order valence-corrected chi connectivity index (χ0v) is 12.7. The molecule has 5 unspecified atom stereocenters. The number of hydrogen-bond acceptors (Lipinski definition) is 3. The first-order valence-corrected chi connectivity index (χ1v) is 8.26. The minimum atomic E-state index is -0.805. The molecule has 0 aromatic heterocycles. The number of fused-ring (bicyclic) bond motifs is 1. The second-order valence-electron chi connectivity index (χ2n) is 6.74. The number of carbonyl (C=O) groups is 2. The monoisotopic (exact) mass is 295 g/mol. The number of carboxylic acid groups (broad SMARTS) is 1. The molecular weight excluding hydrogens is 270 g/mol. The van der Waals surface area contributed by atoms with Crippen LogP contribution in [-0.2, 0) is 14.3 Å². The third-order valence-corrected chi connectivity index (χ3v) is 5.64. The Morgan fingerprint density at radius 3 is 2.71 bits per heavy atom. The molecule has 5 nitrogen and oxygen atoms in total. The van der Waals surface area contributed by atoms with Crippen LogP contribution in [0.1, 0.15) is 45.4 Å². The van der Waals surface area contributed by atoms with E-state index in [4.69, 9.17) is 4.74 Å². The first-order valence-electron chi connectivity index (χ1n) is 8.26. The molecule has 3 aliphatic rings. The van der Waals surface area contributed by atoms with E-state index in [9.17, 15) is 14.7 Å². The number of aliphatic carboxylic acids is 1. The Hall–Kier alpha value is -1.10. The number of morpholine rings is 1. The van der Waals surface area contributed by atoms with Gasteiger partial charge in [0, 0.05) is 6.54 Å². The van der Waals surface area contributed by atoms with E-state index < -0.39 is 11.9 Å². The first kappa shape index (κ1) is 14.8. The normalized spacial score (nSPS) is 39.3. The highest BCUT2D eigenvalue weighted by atomic mass is 16.5. The molecule has 0 bridgehead atoms. The summed E-state index contributed by atoms with van der Waals surface area (Å²) in [5, 5.41) is 9.44. The quantitative estimate of drug-likeness (QED) is 0.863. The fourth-order valence-electron chi connectivity index (χ4n) is 4.43. The van der Waals surface area contributed by atoms with E-state index in [0.717, 1.165) is 32.1 Å². The van der Waals surface area contributed by atoms with Crippen molar-refractivity contribution < 1.29 is 19.4 Å². The molecule has 1 aliphatic heterocycles. The molecule has 0 aromatic rings. The number of carboxylic acids is 1. The van der Waals surface area contributed by atoms with Gasteiger partial charge in [-0.2, -0.15) is 0 Å². The van der Waals surface area contributed by atoms with Crippen molar-refractivity contribution in [2.45, 2.75) is 57.6 Å². The summed E-state index contributed by atoms with van der Waals surface area (Å²) in [5.41, 5.74) is 0. The molecule has 5 heteroatoms. The number of amides is 1. The van der Waals surface area contributed by atoms with Crippen molar-refractivity contribution in [3.63, 3.8) is 0 Å². The lowest BCUT2D eigenvalue weighted by molar-refractivity contribution is -0.155. The second-order valence-corrected chi connectivity index (χ2v) is 6.74. The van der Waals surface area contributed by atoms with Gasteiger partial charge in [-0.3, -0.25) is 9.59 Å². The second kappa shape index (κ2) is 5.95. The molecule has 0 aromatic carbocycles. The Balaban J connectivity index is 1.75. The summed E-state index contributed by atoms with van der Waals surface area (Å²) in [6, 6.07) is 0.182. The Bertz CT molecular complexity index is 425. The largest absolute Gasteiger partial charge is 0.481 e. The molecule has 3 rings (SSSR count). The minimum absolute atomic E-state index is 0.0681. The van der Waals surface area contributed by atoms with E-state index in [2.05, 4.69) is 6.92 Å². The van der Waals surface area contributed by atoms with Gasteiger partial charge in [-0.05, 0) is 38.0 Å². The highest BCUT2D eigenvalue weighted by Crippen LogP contribution is 2.41. The average Bonchev–Trinajstić information content (AvgIpc) is 3.12. The van der Waals surface area contributed by atoms with Crippen LogP contribution in [0.25, 0.3) is 0 Å². The maximum absolute atomic E-state index is 12.9. The molecule has 5 atom stereocenters. The summed E-state index contributed by atoms with van der Waals surface area (Å²) in [4.78, 5) is 26.4. The molecule has 0 spiro atoms. The SMILES string of the molecule is CCC1CC(C(=O)O)C(C(=O)N2CCOC3CCCC32)C1. The van der Waals surface area contributed by atoms with Crippen LogP contribution in [0.4, 0.5) is 0 Å². The summed E-state index contributed by atoms with van der Waals surface area (Å²) in [7, 11) is 0. The van der Waals surface area contributed by atoms with Crippen LogP contribution >= 0.6 is 0 Å². The van der Waals surface area contributed by atoms with Crippen LogP contribution in [-0.4, -0.2) is 47.2 Å². The van der Waals surface area contributed by atoms with Gasteiger partial charge in [0.1, 0.15) is 0 Å². The molecule has 0 radical (unpaired) electrons. The average molecular weight is 295 g/mol. The lowest BCUT2D eigenvalue weighted by Gasteiger charge is -2.39. The van der Waals surface area contributed by atoms with Gasteiger partial charge in [0.2, 0.25) is 5.91 Å². The Morgan fingerprint density at radius 1 is 1.24 bits per heavy atom. The maximum atomic E-state index is 12.9. The molecule has 3 fully saturated rings. The van der Waals surface area contributed by atoms with Crippen LogP contribution in [0.5, 0.6) is 0 Å². The van der Waals surface area contributed by atoms with Gasteiger partial charge in [0.05, 0.1) is 30.6 Å². The molecule has 2 saturated carbocycles. The molecule has 1 N–H and O–H groups in total. The highest BCUT2D eigenvalue weighted by molar-refractivity contribution is 5.85. The van der Waals surface area contributed by atoms with E-state index in [-0.39, 0.29) is 24.0 Å². The topological polar surface area (TPSA) is 66.8 Å². The van der Waals surface area contributed by atoms with Gasteiger partial charge in [-0.25, -0.2) is 0 Å². The lowest BCUT2D eigenvalue weighted by Crippen LogP contribution is -2.53. The van der Waals surface area contributed by atoms with E-state index in [1.807, 2.05) is 4.90 Å². The Morgan fingerprint density at radius 2 is 2.00 bits per heavy atom. The van der Waals surface area contributed by atoms with E-state index in [0.29, 0.717) is 25.5 Å². The Labute approximate surface area is 125 Å². The predicted octanol–water partition coefficient (Wildman–Crippen LogP) is 1.90. The van der Waals surface area contributed by atoms with Crippen molar-refractivity contribution in [2.75, 3.05) is 13.2 Å². The third kappa shape index (κ3) is 2.68. The summed E-state index contributed by atoms with van der Waals surface area (Å²) < 4.78 is 5.75. The summed E-state index contributed by atoms with van der Waals surface area (Å²) in [6.45, 7) is 3.30. The van der Waals surface area contributed by atoms with Gasteiger partial charge in [-0.15, -0.1) is 0 Å². The van der Waals surface area contributed by atoms with Crippen molar-refractivity contribution in [2.24, 2.45) is 17.8 Å². The van der Waals surface area contributed by atoms with Gasteiger partial charge >= 0.3 is 5.97 Å². The third-order valence-electron chi connectivity index (χ3n) is 5.64. The van der Waals surface area contributed by atoms with Crippen molar-refractivity contribution in [3.05, 3.63) is 0 Å². The first-order chi connectivity index (χ1) is 10.1. The van der Waals surface area contributed by atoms with Crippen LogP contribution in [0.3, 0.4) is 0 Å². The zero-order valence-electron chi connectivity index (χ0n) is 12.7. The molecule has 118 valence electrons. The smallest absolute Gasteiger partial charge is 0.307 e. The number of nitrogens with zero attached hydrogens (tertiary/aromatic N) is 1. The summed E-state index contributed by atoms with van der Waals surface area (Å²) >= 11 is 0. The van der Waals surface area contributed by atoms with E-state index >= 15 is 0 Å². The van der Waals surface area contributed by atoms with Crippen LogP contribution in [0.2, 0.25) is 0 Å². The zero-order chi connectivity index (χ0) is 15.0. The highest BCUT2D eigenvalue weighted by Gasteiger charge is 2.47. The molecule has 21 heavy (non-hydrogen) atoms. The fraction of sp³-hybridized carbons (Fsp3) is 0.875. The number of hydrogen-bond donors (Lipinski definition) is 1. The number of carbonyl (C=O) groups excluding carboxylic acids is 1. The maximum Gasteiger partial charge on any atom is 0.307 e. The molecule has 1 heterocycles. The minimum Gasteiger partial charge on any atom is -0.481 e. The van der Waals surface area contributed by atoms with Crippen molar-refractivity contribution in [1.82, 2.24) is 4.90 Å². The van der Waals surface area contributed by atoms with Gasteiger partial charge in [-0.1, -0.05) is 13.3 Å². The molecular formula is C16H25NO4. The number of rotatable bonds is 3. The molecule has 1 saturated heterocycles. The van der Waals surface area contributed by atoms with Crippen LogP contribution in [0, 0.1) is 17.8 Å². The van der Waals surface area contributed by atoms with Crippen molar-refractivity contribution >= 4 is 11.9 Å². The van der Waals surface area contributed by atoms with Crippen molar-refractivity contribution in [1.29, 1.82) is 0 Å². The van der Waals surface area contributed by atoms with Gasteiger partial charge in [0.15, 0.2) is 0 Å². The van der Waals surface area contributed by atoms with E-state index in [1.54, 1.807) is 0 Å². The van der Waals surface area contributed by atoms with Crippen molar-refractivity contribution in [3.8, 4) is 0 Å². The van der Waals surface area contributed by atoms with Crippen LogP contribution < -0.4 is 0 Å². The predicted molar refractivity (Wildman–Crippen MR) is 76.7 cm³/mol.